The third kappa shape index (κ3) is 5.46. The summed E-state index contributed by atoms with van der Waals surface area (Å²) < 4.78 is 24.2. The number of aromatic hydroxyl groups is 2. The molecule has 0 fully saturated rings. The highest BCUT2D eigenvalue weighted by Crippen LogP contribution is 2.34. The van der Waals surface area contributed by atoms with Gasteiger partial charge in [0.05, 0.1) is 0 Å². The Labute approximate surface area is 262 Å². The van der Waals surface area contributed by atoms with Crippen LogP contribution >= 0.6 is 0 Å². The first-order valence-electron chi connectivity index (χ1n) is 14.5. The monoisotopic (exact) mass is 604 g/mol. The average molecular weight is 605 g/mol. The van der Waals surface area contributed by atoms with E-state index in [0.717, 1.165) is 33.3 Å². The van der Waals surface area contributed by atoms with Crippen LogP contribution in [0.1, 0.15) is 0 Å². The van der Waals surface area contributed by atoms with Gasteiger partial charge in [-0.3, -0.25) is 0 Å². The fourth-order valence-electron chi connectivity index (χ4n) is 5.21. The summed E-state index contributed by atoms with van der Waals surface area (Å²) in [5.41, 5.74) is 6.17. The summed E-state index contributed by atoms with van der Waals surface area (Å²) in [6.45, 7) is 0. The third-order valence-corrected chi connectivity index (χ3v) is 7.38. The molecule has 0 spiro atoms. The Bertz CT molecular complexity index is 2210. The maximum Gasteiger partial charge on any atom is 0.227 e. The van der Waals surface area contributed by atoms with E-state index in [9.17, 15) is 10.2 Å². The van der Waals surface area contributed by atoms with E-state index in [1.54, 1.807) is 48.5 Å². The minimum atomic E-state index is 0.133. The molecule has 6 aromatic carbocycles. The zero-order valence-electron chi connectivity index (χ0n) is 24.1. The Kier molecular flexibility index (Phi) is 6.58. The van der Waals surface area contributed by atoms with Gasteiger partial charge < -0.3 is 28.5 Å². The Morgan fingerprint density at radius 1 is 0.413 bits per heavy atom. The number of nitrogens with zero attached hydrogens (tertiary/aromatic N) is 2. The van der Waals surface area contributed by atoms with Crippen molar-refractivity contribution in [3.05, 3.63) is 133 Å². The first-order chi connectivity index (χ1) is 22.5. The number of phenols is 2. The number of aromatic nitrogens is 2. The fourth-order valence-corrected chi connectivity index (χ4v) is 5.21. The van der Waals surface area contributed by atoms with Crippen molar-refractivity contribution in [1.82, 2.24) is 9.97 Å². The van der Waals surface area contributed by atoms with Gasteiger partial charge >= 0.3 is 0 Å². The van der Waals surface area contributed by atoms with E-state index < -0.39 is 0 Å². The summed E-state index contributed by atoms with van der Waals surface area (Å²) in [5.74, 6) is 3.47. The number of oxazole rings is 2. The van der Waals surface area contributed by atoms with Crippen LogP contribution in [0, 0.1) is 0 Å². The van der Waals surface area contributed by atoms with Crippen LogP contribution < -0.4 is 9.47 Å². The van der Waals surface area contributed by atoms with Crippen LogP contribution in [0.15, 0.2) is 142 Å². The SMILES string of the molecule is Oc1cccc(Oc2cccc(-c3nc4ccc(-c5ccc6nc(-c7cccc(Oc8cccc(O)c8)c7)oc6c5)cc4o3)c2)c1. The maximum absolute atomic E-state index is 9.74. The molecule has 0 atom stereocenters. The molecule has 0 unspecified atom stereocenters. The van der Waals surface area contributed by atoms with Gasteiger partial charge in [-0.05, 0) is 96.1 Å². The Balaban J connectivity index is 1.05. The number of fused-ring (bicyclic) bond motifs is 2. The van der Waals surface area contributed by atoms with Gasteiger partial charge in [0, 0.05) is 23.3 Å². The summed E-state index contributed by atoms with van der Waals surface area (Å²) in [5, 5.41) is 19.5. The van der Waals surface area contributed by atoms with E-state index in [-0.39, 0.29) is 11.5 Å². The van der Waals surface area contributed by atoms with Crippen LogP contribution in [0.3, 0.4) is 0 Å². The summed E-state index contributed by atoms with van der Waals surface area (Å²) in [4.78, 5) is 9.38. The van der Waals surface area contributed by atoms with Gasteiger partial charge in [-0.1, -0.05) is 36.4 Å². The molecule has 2 aromatic heterocycles. The number of hydrogen-bond donors (Lipinski definition) is 2. The lowest BCUT2D eigenvalue weighted by Gasteiger charge is -2.06. The first kappa shape index (κ1) is 27.0. The lowest BCUT2D eigenvalue weighted by molar-refractivity contribution is 0.454. The highest BCUT2D eigenvalue weighted by atomic mass is 16.5. The van der Waals surface area contributed by atoms with Crippen molar-refractivity contribution in [3.8, 4) is 68.5 Å². The molecule has 2 N–H and O–H groups in total. The zero-order chi connectivity index (χ0) is 31.0. The van der Waals surface area contributed by atoms with Crippen molar-refractivity contribution >= 4 is 22.2 Å². The van der Waals surface area contributed by atoms with Crippen LogP contribution in [0.5, 0.6) is 34.5 Å². The van der Waals surface area contributed by atoms with E-state index >= 15 is 0 Å². The summed E-state index contributed by atoms with van der Waals surface area (Å²) in [6, 6.07) is 40.0. The lowest BCUT2D eigenvalue weighted by atomic mass is 10.1. The summed E-state index contributed by atoms with van der Waals surface area (Å²) in [6.07, 6.45) is 0. The van der Waals surface area contributed by atoms with Crippen LogP contribution in [0.25, 0.3) is 56.2 Å². The minimum absolute atomic E-state index is 0.133. The standard InChI is InChI=1S/C38H24N2O6/c41-27-7-3-11-31(21-27)43-29-9-1-5-25(17-29)37-39-33-15-13-23(19-35(33)45-37)24-14-16-34-36(20-24)46-38(40-34)26-6-2-10-30(18-26)44-32-12-4-8-28(42)22-32/h1-22,41-42H. The molecule has 46 heavy (non-hydrogen) atoms. The Morgan fingerprint density at radius 3 is 1.26 bits per heavy atom. The molecule has 0 saturated heterocycles. The van der Waals surface area contributed by atoms with E-state index in [1.807, 2.05) is 84.9 Å². The second kappa shape index (κ2) is 11.2. The van der Waals surface area contributed by atoms with Crippen LogP contribution in [-0.2, 0) is 0 Å². The fraction of sp³-hybridized carbons (Fsp3) is 0. The normalized spacial score (nSPS) is 11.2. The lowest BCUT2D eigenvalue weighted by Crippen LogP contribution is -1.85. The van der Waals surface area contributed by atoms with E-state index in [4.69, 9.17) is 28.3 Å². The minimum Gasteiger partial charge on any atom is -0.508 e. The van der Waals surface area contributed by atoms with Crippen molar-refractivity contribution < 1.29 is 28.5 Å². The average Bonchev–Trinajstić information content (AvgIpc) is 3.69. The first-order valence-corrected chi connectivity index (χ1v) is 14.5. The smallest absolute Gasteiger partial charge is 0.227 e. The molecule has 0 radical (unpaired) electrons. The molecule has 0 amide bonds. The maximum atomic E-state index is 9.74. The molecule has 0 aliphatic carbocycles. The molecule has 0 aliphatic heterocycles. The molecule has 8 heteroatoms. The van der Waals surface area contributed by atoms with Gasteiger partial charge in [-0.15, -0.1) is 0 Å². The zero-order valence-corrected chi connectivity index (χ0v) is 24.1. The van der Waals surface area contributed by atoms with E-state index in [2.05, 4.69) is 0 Å². The van der Waals surface area contributed by atoms with Crippen molar-refractivity contribution in [2.24, 2.45) is 0 Å². The molecule has 222 valence electrons. The number of phenolic OH excluding ortho intramolecular Hbond substituents is 2. The molecule has 8 aromatic rings. The van der Waals surface area contributed by atoms with Gasteiger partial charge in [0.25, 0.3) is 0 Å². The van der Waals surface area contributed by atoms with E-state index in [1.165, 1.54) is 0 Å². The number of benzene rings is 6. The number of ether oxygens (including phenoxy) is 2. The predicted octanol–water partition coefficient (Wildman–Crippen LogP) is 9.97. The third-order valence-electron chi connectivity index (χ3n) is 7.38. The van der Waals surface area contributed by atoms with Gasteiger partial charge in [-0.25, -0.2) is 9.97 Å². The molecular weight excluding hydrogens is 580 g/mol. The van der Waals surface area contributed by atoms with Gasteiger partial charge in [0.2, 0.25) is 11.8 Å². The molecule has 2 heterocycles. The van der Waals surface area contributed by atoms with Crippen molar-refractivity contribution in [3.63, 3.8) is 0 Å². The van der Waals surface area contributed by atoms with Gasteiger partial charge in [0.1, 0.15) is 45.5 Å². The Morgan fingerprint density at radius 2 is 0.826 bits per heavy atom. The number of hydrogen-bond acceptors (Lipinski definition) is 8. The van der Waals surface area contributed by atoms with Crippen LogP contribution in [-0.4, -0.2) is 20.2 Å². The van der Waals surface area contributed by atoms with Gasteiger partial charge in [0.15, 0.2) is 11.2 Å². The Hall–Kier alpha value is -6.54. The molecular formula is C38H24N2O6. The van der Waals surface area contributed by atoms with Crippen LogP contribution in [0.2, 0.25) is 0 Å². The summed E-state index contributed by atoms with van der Waals surface area (Å²) in [7, 11) is 0. The van der Waals surface area contributed by atoms with Crippen molar-refractivity contribution in [2.75, 3.05) is 0 Å². The molecule has 8 rings (SSSR count). The van der Waals surface area contributed by atoms with E-state index in [0.29, 0.717) is 45.9 Å². The predicted molar refractivity (Wildman–Crippen MR) is 174 cm³/mol. The summed E-state index contributed by atoms with van der Waals surface area (Å²) >= 11 is 0. The van der Waals surface area contributed by atoms with Gasteiger partial charge in [-0.2, -0.15) is 0 Å². The van der Waals surface area contributed by atoms with Crippen molar-refractivity contribution in [2.45, 2.75) is 0 Å². The highest BCUT2D eigenvalue weighted by Gasteiger charge is 2.14. The highest BCUT2D eigenvalue weighted by molar-refractivity contribution is 5.86. The number of rotatable bonds is 7. The molecule has 0 bridgehead atoms. The largest absolute Gasteiger partial charge is 0.508 e. The molecule has 0 saturated carbocycles. The quantitative estimate of drug-likeness (QED) is 0.185. The topological polar surface area (TPSA) is 111 Å². The second-order valence-corrected chi connectivity index (χ2v) is 10.7. The van der Waals surface area contributed by atoms with Crippen LogP contribution in [0.4, 0.5) is 0 Å². The van der Waals surface area contributed by atoms with Crippen molar-refractivity contribution in [1.29, 1.82) is 0 Å². The second-order valence-electron chi connectivity index (χ2n) is 10.7. The molecule has 0 aliphatic rings. The molecule has 8 nitrogen and oxygen atoms in total.